The van der Waals surface area contributed by atoms with Crippen molar-refractivity contribution >= 4 is 11.6 Å². The number of alkyl halides is 3. The Balaban J connectivity index is 2.31. The van der Waals surface area contributed by atoms with Gasteiger partial charge in [-0.3, -0.25) is 0 Å². The van der Waals surface area contributed by atoms with Crippen molar-refractivity contribution in [1.29, 1.82) is 0 Å². The molecule has 0 saturated carbocycles. The Kier molecular flexibility index (Phi) is 5.29. The predicted molar refractivity (Wildman–Crippen MR) is 79.5 cm³/mol. The molecule has 3 N–H and O–H groups in total. The maximum atomic E-state index is 14.0. The molecular weight excluding hydrogens is 334 g/mol. The fraction of sp³-hybridized carbons (Fsp3) is 0.250. The molecular formula is C16H14ClF4NO. The first-order chi connectivity index (χ1) is 10.7. The van der Waals surface area contributed by atoms with Gasteiger partial charge in [-0.05, 0) is 17.7 Å². The first-order valence-corrected chi connectivity index (χ1v) is 7.11. The smallest absolute Gasteiger partial charge is 0.391 e. The second kappa shape index (κ2) is 6.86. The van der Waals surface area contributed by atoms with E-state index in [9.17, 15) is 22.7 Å². The third-order valence-corrected chi connectivity index (χ3v) is 3.72. The average Bonchev–Trinajstić information content (AvgIpc) is 2.49. The van der Waals surface area contributed by atoms with E-state index < -0.39 is 40.3 Å². The second-order valence-corrected chi connectivity index (χ2v) is 5.55. The molecule has 0 fully saturated rings. The minimum Gasteiger partial charge on any atom is -0.391 e. The van der Waals surface area contributed by atoms with Gasteiger partial charge >= 0.3 is 6.18 Å². The van der Waals surface area contributed by atoms with Crippen molar-refractivity contribution in [3.05, 3.63) is 70.0 Å². The summed E-state index contributed by atoms with van der Waals surface area (Å²) in [5.41, 5.74) is 4.91. The van der Waals surface area contributed by atoms with Crippen molar-refractivity contribution in [2.24, 2.45) is 5.73 Å². The minimum absolute atomic E-state index is 0.0787. The van der Waals surface area contributed by atoms with Crippen LogP contribution in [0.2, 0.25) is 5.02 Å². The molecule has 7 heteroatoms. The van der Waals surface area contributed by atoms with Crippen LogP contribution in [0.3, 0.4) is 0 Å². The van der Waals surface area contributed by atoms with Gasteiger partial charge in [0.2, 0.25) is 0 Å². The zero-order valence-corrected chi connectivity index (χ0v) is 12.6. The maximum Gasteiger partial charge on any atom is 0.416 e. The molecule has 2 nitrogen and oxygen atoms in total. The van der Waals surface area contributed by atoms with Crippen LogP contribution < -0.4 is 5.73 Å². The number of benzene rings is 2. The molecule has 0 spiro atoms. The van der Waals surface area contributed by atoms with Crippen LogP contribution in [0.1, 0.15) is 22.7 Å². The second-order valence-electron chi connectivity index (χ2n) is 5.14. The van der Waals surface area contributed by atoms with E-state index >= 15 is 0 Å². The maximum absolute atomic E-state index is 14.0. The van der Waals surface area contributed by atoms with Gasteiger partial charge in [-0.2, -0.15) is 13.2 Å². The van der Waals surface area contributed by atoms with E-state index in [-0.39, 0.29) is 6.42 Å². The largest absolute Gasteiger partial charge is 0.416 e. The summed E-state index contributed by atoms with van der Waals surface area (Å²) in [6, 6.07) is 8.47. The zero-order valence-electron chi connectivity index (χ0n) is 11.8. The van der Waals surface area contributed by atoms with Gasteiger partial charge in [-0.25, -0.2) is 4.39 Å². The van der Waals surface area contributed by atoms with E-state index in [1.165, 1.54) is 0 Å². The molecule has 0 aromatic heterocycles. The van der Waals surface area contributed by atoms with Crippen molar-refractivity contribution in [3.63, 3.8) is 0 Å². The molecule has 23 heavy (non-hydrogen) atoms. The third-order valence-electron chi connectivity index (χ3n) is 3.45. The van der Waals surface area contributed by atoms with E-state index in [0.717, 1.165) is 5.56 Å². The van der Waals surface area contributed by atoms with E-state index in [4.69, 9.17) is 17.3 Å². The molecule has 0 bridgehead atoms. The lowest BCUT2D eigenvalue weighted by molar-refractivity contribution is -0.137. The number of rotatable bonds is 4. The van der Waals surface area contributed by atoms with Crippen LogP contribution in [0, 0.1) is 5.82 Å². The minimum atomic E-state index is -4.68. The molecule has 0 saturated heterocycles. The predicted octanol–water partition coefficient (Wildman–Crippen LogP) is 4.10. The van der Waals surface area contributed by atoms with E-state index in [2.05, 4.69) is 0 Å². The Morgan fingerprint density at radius 3 is 2.30 bits per heavy atom. The van der Waals surface area contributed by atoms with Crippen molar-refractivity contribution < 1.29 is 22.7 Å². The van der Waals surface area contributed by atoms with Gasteiger partial charge in [0.05, 0.1) is 22.7 Å². The molecule has 0 aliphatic carbocycles. The third kappa shape index (κ3) is 4.22. The van der Waals surface area contributed by atoms with Gasteiger partial charge in [0.1, 0.15) is 5.82 Å². The van der Waals surface area contributed by atoms with E-state index in [0.29, 0.717) is 12.1 Å². The van der Waals surface area contributed by atoms with E-state index in [1.54, 1.807) is 30.3 Å². The molecule has 0 heterocycles. The lowest BCUT2D eigenvalue weighted by Crippen LogP contribution is -2.29. The summed E-state index contributed by atoms with van der Waals surface area (Å²) in [6.07, 6.45) is -5.86. The van der Waals surface area contributed by atoms with Gasteiger partial charge < -0.3 is 10.8 Å². The molecule has 0 amide bonds. The van der Waals surface area contributed by atoms with Crippen LogP contribution in [0.15, 0.2) is 42.5 Å². The standard InChI is InChI=1S/C16H14ClF4NO/c17-12-8-10(16(19,20)21)7-11(14(12)18)15(22)13(23)6-9-4-2-1-3-5-9/h1-5,7-8,13,15,23H,6,22H2/t13-,15+/m1/s1. The Labute approximate surface area is 135 Å². The van der Waals surface area contributed by atoms with Crippen molar-refractivity contribution in [2.45, 2.75) is 24.7 Å². The SMILES string of the molecule is N[C@@H](c1cc(C(F)(F)F)cc(Cl)c1F)[C@H](O)Cc1ccccc1. The summed E-state index contributed by atoms with van der Waals surface area (Å²) in [5.74, 6) is -1.06. The first-order valence-electron chi connectivity index (χ1n) is 6.74. The highest BCUT2D eigenvalue weighted by Crippen LogP contribution is 2.35. The van der Waals surface area contributed by atoms with Crippen molar-refractivity contribution in [1.82, 2.24) is 0 Å². The normalized spacial score (nSPS) is 14.6. The fourth-order valence-electron chi connectivity index (χ4n) is 2.21. The lowest BCUT2D eigenvalue weighted by atomic mass is 9.95. The summed E-state index contributed by atoms with van der Waals surface area (Å²) in [4.78, 5) is 0. The Hall–Kier alpha value is -1.63. The van der Waals surface area contributed by atoms with Gasteiger partial charge in [-0.15, -0.1) is 0 Å². The van der Waals surface area contributed by atoms with Gasteiger partial charge in [0.15, 0.2) is 0 Å². The number of aliphatic hydroxyl groups excluding tert-OH is 1. The summed E-state index contributed by atoms with van der Waals surface area (Å²) in [5, 5.41) is 9.43. The van der Waals surface area contributed by atoms with Gasteiger partial charge in [-0.1, -0.05) is 41.9 Å². The lowest BCUT2D eigenvalue weighted by Gasteiger charge is -2.21. The number of aliphatic hydroxyl groups is 1. The van der Waals surface area contributed by atoms with Crippen LogP contribution in [0.4, 0.5) is 17.6 Å². The summed E-state index contributed by atoms with van der Waals surface area (Å²) >= 11 is 5.52. The van der Waals surface area contributed by atoms with Crippen LogP contribution >= 0.6 is 11.6 Å². The molecule has 2 rings (SSSR count). The highest BCUT2D eigenvalue weighted by molar-refractivity contribution is 6.30. The molecule has 2 aromatic rings. The molecule has 0 unspecified atom stereocenters. The summed E-state index contributed by atoms with van der Waals surface area (Å²) in [7, 11) is 0. The van der Waals surface area contributed by atoms with Crippen molar-refractivity contribution in [3.8, 4) is 0 Å². The Bertz CT molecular complexity index is 676. The molecule has 2 atom stereocenters. The zero-order chi connectivity index (χ0) is 17.2. The van der Waals surface area contributed by atoms with Crippen LogP contribution in [0.25, 0.3) is 0 Å². The van der Waals surface area contributed by atoms with Crippen LogP contribution in [0.5, 0.6) is 0 Å². The quantitative estimate of drug-likeness (QED) is 0.818. The first kappa shape index (κ1) is 17.7. The Morgan fingerprint density at radius 2 is 1.74 bits per heavy atom. The number of hydrogen-bond donors (Lipinski definition) is 2. The number of nitrogens with two attached hydrogens (primary N) is 1. The monoisotopic (exact) mass is 347 g/mol. The van der Waals surface area contributed by atoms with Crippen molar-refractivity contribution in [2.75, 3.05) is 0 Å². The topological polar surface area (TPSA) is 46.2 Å². The van der Waals surface area contributed by atoms with Crippen LogP contribution in [-0.2, 0) is 12.6 Å². The molecule has 2 aromatic carbocycles. The highest BCUT2D eigenvalue weighted by Gasteiger charge is 2.33. The Morgan fingerprint density at radius 1 is 1.13 bits per heavy atom. The van der Waals surface area contributed by atoms with Crippen LogP contribution in [-0.4, -0.2) is 11.2 Å². The van der Waals surface area contributed by atoms with Gasteiger partial charge in [0.25, 0.3) is 0 Å². The molecule has 0 radical (unpaired) electrons. The molecule has 124 valence electrons. The van der Waals surface area contributed by atoms with Gasteiger partial charge in [0, 0.05) is 12.0 Å². The summed E-state index contributed by atoms with van der Waals surface area (Å²) in [6.45, 7) is 0. The summed E-state index contributed by atoms with van der Waals surface area (Å²) < 4.78 is 52.4. The molecule has 0 aliphatic rings. The number of hydrogen-bond acceptors (Lipinski definition) is 2. The highest BCUT2D eigenvalue weighted by atomic mass is 35.5. The average molecular weight is 348 g/mol. The fourth-order valence-corrected chi connectivity index (χ4v) is 2.43. The molecule has 0 aliphatic heterocycles. The number of halogens is 5. The van der Waals surface area contributed by atoms with E-state index in [1.807, 2.05) is 0 Å².